The van der Waals surface area contributed by atoms with E-state index in [1.807, 2.05) is 0 Å². The monoisotopic (exact) mass is 362 g/mol. The molecule has 0 saturated heterocycles. The molecule has 2 amide bonds. The summed E-state index contributed by atoms with van der Waals surface area (Å²) in [5.74, 6) is 0.463. The minimum absolute atomic E-state index is 0.0153. The normalized spacial score (nSPS) is 25.0. The van der Waals surface area contributed by atoms with Gasteiger partial charge in [-0.25, -0.2) is 9.18 Å². The van der Waals surface area contributed by atoms with Crippen LogP contribution in [0.4, 0.5) is 9.18 Å². The Morgan fingerprint density at radius 3 is 1.96 bits per heavy atom. The van der Waals surface area contributed by atoms with Crippen LogP contribution < -0.4 is 15.4 Å². The maximum Gasteiger partial charge on any atom is 0.315 e. The lowest BCUT2D eigenvalue weighted by Crippen LogP contribution is -2.48. The summed E-state index contributed by atoms with van der Waals surface area (Å²) in [5.41, 5.74) is 0. The SMILES string of the molecule is O=C(NC1CCCCCCC1)N[C@H]1CC[C@@H](Oc2ccc(F)cc2)CC1. The number of urea groups is 1. The molecule has 0 bridgehead atoms. The average Bonchev–Trinajstić information content (AvgIpc) is 2.61. The Labute approximate surface area is 155 Å². The Kier molecular flexibility index (Phi) is 7.15. The molecule has 144 valence electrons. The molecule has 0 spiro atoms. The maximum absolute atomic E-state index is 12.9. The number of carbonyl (C=O) groups is 1. The zero-order valence-corrected chi connectivity index (χ0v) is 15.5. The van der Waals surface area contributed by atoms with Gasteiger partial charge in [0.2, 0.25) is 0 Å². The molecule has 2 aliphatic rings. The van der Waals surface area contributed by atoms with Crippen LogP contribution in [-0.2, 0) is 0 Å². The van der Waals surface area contributed by atoms with Gasteiger partial charge in [-0.1, -0.05) is 32.1 Å². The lowest BCUT2D eigenvalue weighted by molar-refractivity contribution is 0.139. The van der Waals surface area contributed by atoms with E-state index < -0.39 is 0 Å². The maximum atomic E-state index is 12.9. The van der Waals surface area contributed by atoms with E-state index >= 15 is 0 Å². The molecule has 26 heavy (non-hydrogen) atoms. The molecule has 0 aromatic heterocycles. The molecule has 0 unspecified atom stereocenters. The number of halogens is 1. The van der Waals surface area contributed by atoms with Crippen molar-refractivity contribution in [2.45, 2.75) is 88.8 Å². The zero-order chi connectivity index (χ0) is 18.2. The third-order valence-electron chi connectivity index (χ3n) is 5.57. The van der Waals surface area contributed by atoms with Gasteiger partial charge in [-0.05, 0) is 62.8 Å². The summed E-state index contributed by atoms with van der Waals surface area (Å²) in [6.45, 7) is 0. The van der Waals surface area contributed by atoms with E-state index in [4.69, 9.17) is 4.74 Å². The van der Waals surface area contributed by atoms with Gasteiger partial charge in [0.1, 0.15) is 11.6 Å². The molecule has 2 N–H and O–H groups in total. The minimum Gasteiger partial charge on any atom is -0.490 e. The number of carbonyl (C=O) groups excluding carboxylic acids is 1. The number of ether oxygens (including phenoxy) is 1. The van der Waals surface area contributed by atoms with Crippen LogP contribution in [0.25, 0.3) is 0 Å². The molecule has 0 radical (unpaired) electrons. The highest BCUT2D eigenvalue weighted by Gasteiger charge is 2.24. The van der Waals surface area contributed by atoms with Crippen LogP contribution in [0.1, 0.15) is 70.6 Å². The molecule has 0 atom stereocenters. The van der Waals surface area contributed by atoms with Crippen molar-refractivity contribution in [3.8, 4) is 5.75 Å². The molecular formula is C21H31FN2O2. The summed E-state index contributed by atoms with van der Waals surface area (Å²) in [4.78, 5) is 12.3. The molecule has 1 aromatic carbocycles. The van der Waals surface area contributed by atoms with Crippen LogP contribution in [0, 0.1) is 5.82 Å². The smallest absolute Gasteiger partial charge is 0.315 e. The highest BCUT2D eigenvalue weighted by atomic mass is 19.1. The van der Waals surface area contributed by atoms with Crippen LogP contribution in [0.2, 0.25) is 0 Å². The molecule has 0 heterocycles. The van der Waals surface area contributed by atoms with Crippen molar-refractivity contribution in [2.75, 3.05) is 0 Å². The first-order valence-electron chi connectivity index (χ1n) is 10.2. The van der Waals surface area contributed by atoms with E-state index in [1.165, 1.54) is 44.2 Å². The molecule has 2 aliphatic carbocycles. The van der Waals surface area contributed by atoms with Gasteiger partial charge in [0.25, 0.3) is 0 Å². The zero-order valence-electron chi connectivity index (χ0n) is 15.5. The summed E-state index contributed by atoms with van der Waals surface area (Å²) >= 11 is 0. The van der Waals surface area contributed by atoms with E-state index in [1.54, 1.807) is 12.1 Å². The number of nitrogens with one attached hydrogen (secondary N) is 2. The van der Waals surface area contributed by atoms with Gasteiger partial charge in [0, 0.05) is 12.1 Å². The quantitative estimate of drug-likeness (QED) is 0.798. The van der Waals surface area contributed by atoms with Crippen molar-refractivity contribution in [1.29, 1.82) is 0 Å². The van der Waals surface area contributed by atoms with E-state index in [0.717, 1.165) is 38.5 Å². The Hall–Kier alpha value is -1.78. The van der Waals surface area contributed by atoms with Crippen molar-refractivity contribution in [3.05, 3.63) is 30.1 Å². The summed E-state index contributed by atoms with van der Waals surface area (Å²) < 4.78 is 18.9. The number of benzene rings is 1. The first-order chi connectivity index (χ1) is 12.7. The highest BCUT2D eigenvalue weighted by Crippen LogP contribution is 2.24. The fourth-order valence-corrected chi connectivity index (χ4v) is 4.04. The van der Waals surface area contributed by atoms with E-state index in [-0.39, 0.29) is 24.0 Å². The van der Waals surface area contributed by atoms with Crippen molar-refractivity contribution in [2.24, 2.45) is 0 Å². The summed E-state index contributed by atoms with van der Waals surface area (Å²) in [5, 5.41) is 6.31. The first kappa shape index (κ1) is 19.0. The first-order valence-corrected chi connectivity index (χ1v) is 10.2. The van der Waals surface area contributed by atoms with Gasteiger partial charge in [-0.3, -0.25) is 0 Å². The number of rotatable bonds is 4. The standard InChI is InChI=1S/C21H31FN2O2/c22-16-8-12-19(13-9-16)26-20-14-10-18(11-15-20)24-21(25)23-17-6-4-2-1-3-5-7-17/h8-9,12-13,17-18,20H,1-7,10-11,14-15H2,(H2,23,24,25)/t18-,20+. The molecule has 2 saturated carbocycles. The van der Waals surface area contributed by atoms with Crippen molar-refractivity contribution >= 4 is 6.03 Å². The van der Waals surface area contributed by atoms with Crippen LogP contribution in [0.5, 0.6) is 5.75 Å². The number of hydrogen-bond donors (Lipinski definition) is 2. The van der Waals surface area contributed by atoms with Crippen LogP contribution in [-0.4, -0.2) is 24.2 Å². The molecule has 4 nitrogen and oxygen atoms in total. The topological polar surface area (TPSA) is 50.4 Å². The van der Waals surface area contributed by atoms with Gasteiger partial charge in [-0.2, -0.15) is 0 Å². The summed E-state index contributed by atoms with van der Waals surface area (Å²) in [7, 11) is 0. The van der Waals surface area contributed by atoms with Crippen molar-refractivity contribution < 1.29 is 13.9 Å². The molecule has 1 aromatic rings. The number of hydrogen-bond acceptors (Lipinski definition) is 2. The molecule has 0 aliphatic heterocycles. The lowest BCUT2D eigenvalue weighted by Gasteiger charge is -2.30. The van der Waals surface area contributed by atoms with E-state index in [9.17, 15) is 9.18 Å². The van der Waals surface area contributed by atoms with Crippen molar-refractivity contribution in [3.63, 3.8) is 0 Å². The molecular weight excluding hydrogens is 331 g/mol. The summed E-state index contributed by atoms with van der Waals surface area (Å²) in [6.07, 6.45) is 12.4. The van der Waals surface area contributed by atoms with E-state index in [2.05, 4.69) is 10.6 Å². The predicted octanol–water partition coefficient (Wildman–Crippen LogP) is 4.93. The van der Waals surface area contributed by atoms with Gasteiger partial charge < -0.3 is 15.4 Å². The molecule has 3 rings (SSSR count). The van der Waals surface area contributed by atoms with Gasteiger partial charge >= 0.3 is 6.03 Å². The Bertz CT molecular complexity index is 548. The Balaban J connectivity index is 1.36. The van der Waals surface area contributed by atoms with Gasteiger partial charge in [0.15, 0.2) is 0 Å². The largest absolute Gasteiger partial charge is 0.490 e. The number of amides is 2. The second-order valence-electron chi connectivity index (χ2n) is 7.71. The second kappa shape index (κ2) is 9.79. The molecule has 2 fully saturated rings. The minimum atomic E-state index is -0.249. The fraction of sp³-hybridized carbons (Fsp3) is 0.667. The van der Waals surface area contributed by atoms with Crippen molar-refractivity contribution in [1.82, 2.24) is 10.6 Å². The Morgan fingerprint density at radius 2 is 1.35 bits per heavy atom. The van der Waals surface area contributed by atoms with Crippen LogP contribution >= 0.6 is 0 Å². The van der Waals surface area contributed by atoms with E-state index in [0.29, 0.717) is 11.8 Å². The molecule has 5 heteroatoms. The van der Waals surface area contributed by atoms with Gasteiger partial charge in [0.05, 0.1) is 6.10 Å². The van der Waals surface area contributed by atoms with Crippen LogP contribution in [0.15, 0.2) is 24.3 Å². The third-order valence-corrected chi connectivity index (χ3v) is 5.57. The highest BCUT2D eigenvalue weighted by molar-refractivity contribution is 5.74. The summed E-state index contributed by atoms with van der Waals surface area (Å²) in [6, 6.07) is 6.71. The fourth-order valence-electron chi connectivity index (χ4n) is 4.04. The Morgan fingerprint density at radius 1 is 0.808 bits per heavy atom. The van der Waals surface area contributed by atoms with Gasteiger partial charge in [-0.15, -0.1) is 0 Å². The average molecular weight is 362 g/mol. The second-order valence-corrected chi connectivity index (χ2v) is 7.71. The third kappa shape index (κ3) is 6.19. The van der Waals surface area contributed by atoms with Crippen LogP contribution in [0.3, 0.4) is 0 Å². The predicted molar refractivity (Wildman–Crippen MR) is 101 cm³/mol. The lowest BCUT2D eigenvalue weighted by atomic mass is 9.93.